The van der Waals surface area contributed by atoms with Gasteiger partial charge in [0.25, 0.3) is 0 Å². The maximum Gasteiger partial charge on any atom is 0.249 e. The summed E-state index contributed by atoms with van der Waals surface area (Å²) < 4.78 is 1.48. The van der Waals surface area contributed by atoms with E-state index in [9.17, 15) is 9.59 Å². The largest absolute Gasteiger partial charge is 0.327 e. The average molecular weight is 429 g/mol. The Morgan fingerprint density at radius 2 is 1.82 bits per heavy atom. The first-order chi connectivity index (χ1) is 12.5. The van der Waals surface area contributed by atoms with E-state index in [1.54, 1.807) is 31.2 Å². The van der Waals surface area contributed by atoms with Gasteiger partial charge in [-0.25, -0.2) is 9.67 Å². The minimum atomic E-state index is -0.465. The molecule has 3 atom stereocenters. The number of amides is 2. The molecule has 0 bridgehead atoms. The molecular formula is C18H26Cl2N6O2. The molecule has 0 radical (unpaired) electrons. The molecule has 1 saturated carbocycles. The average Bonchev–Trinajstić information content (AvgIpc) is 3.28. The van der Waals surface area contributed by atoms with Gasteiger partial charge in [0, 0.05) is 23.8 Å². The molecule has 0 saturated heterocycles. The lowest BCUT2D eigenvalue weighted by Crippen LogP contribution is -2.28. The van der Waals surface area contributed by atoms with Crippen LogP contribution in [0.4, 0.5) is 11.4 Å². The van der Waals surface area contributed by atoms with Gasteiger partial charge in [-0.3, -0.25) is 9.59 Å². The molecule has 154 valence electrons. The van der Waals surface area contributed by atoms with E-state index in [0.717, 1.165) is 19.3 Å². The van der Waals surface area contributed by atoms with Gasteiger partial charge in [0.15, 0.2) is 0 Å². The Morgan fingerprint density at radius 3 is 2.36 bits per heavy atom. The first-order valence-electron chi connectivity index (χ1n) is 8.83. The smallest absolute Gasteiger partial charge is 0.249 e. The van der Waals surface area contributed by atoms with Gasteiger partial charge >= 0.3 is 0 Å². The van der Waals surface area contributed by atoms with Crippen molar-refractivity contribution in [3.63, 3.8) is 0 Å². The van der Waals surface area contributed by atoms with Gasteiger partial charge < -0.3 is 16.4 Å². The Balaban J connectivity index is 0.00000196. The van der Waals surface area contributed by atoms with E-state index in [0.29, 0.717) is 17.8 Å². The van der Waals surface area contributed by atoms with Gasteiger partial charge in [-0.05, 0) is 49.9 Å². The molecule has 8 nitrogen and oxygen atoms in total. The van der Waals surface area contributed by atoms with Crippen molar-refractivity contribution < 1.29 is 9.59 Å². The number of carbonyl (C=O) groups excluding carboxylic acids is 2. The van der Waals surface area contributed by atoms with Crippen molar-refractivity contribution in [1.29, 1.82) is 0 Å². The van der Waals surface area contributed by atoms with Crippen LogP contribution in [0.25, 0.3) is 0 Å². The summed E-state index contributed by atoms with van der Waals surface area (Å²) in [5.74, 6) is 0.0540. The number of nitrogens with one attached hydrogen (secondary N) is 2. The first kappa shape index (κ1) is 23.9. The Morgan fingerprint density at radius 1 is 1.18 bits per heavy atom. The van der Waals surface area contributed by atoms with E-state index in [1.165, 1.54) is 17.3 Å². The normalized spacial score (nSPS) is 19.1. The second kappa shape index (κ2) is 11.0. The zero-order valence-corrected chi connectivity index (χ0v) is 17.2. The van der Waals surface area contributed by atoms with E-state index in [2.05, 4.69) is 20.7 Å². The van der Waals surface area contributed by atoms with Crippen LogP contribution >= 0.6 is 24.8 Å². The third-order valence-electron chi connectivity index (χ3n) is 4.81. The van der Waals surface area contributed by atoms with Crippen LogP contribution in [0.3, 0.4) is 0 Å². The van der Waals surface area contributed by atoms with Crippen molar-refractivity contribution in [2.45, 2.75) is 44.7 Å². The predicted molar refractivity (Wildman–Crippen MR) is 113 cm³/mol. The third kappa shape index (κ3) is 6.19. The number of anilines is 2. The van der Waals surface area contributed by atoms with Gasteiger partial charge in [0.1, 0.15) is 18.7 Å². The van der Waals surface area contributed by atoms with Crippen molar-refractivity contribution >= 4 is 48.0 Å². The Hall–Kier alpha value is -2.16. The lowest BCUT2D eigenvalue weighted by atomic mass is 10.00. The molecule has 2 amide bonds. The van der Waals surface area contributed by atoms with Crippen LogP contribution < -0.4 is 16.4 Å². The van der Waals surface area contributed by atoms with E-state index >= 15 is 0 Å². The van der Waals surface area contributed by atoms with Crippen molar-refractivity contribution in [3.05, 3.63) is 36.9 Å². The van der Waals surface area contributed by atoms with Crippen LogP contribution in [0.15, 0.2) is 36.9 Å². The van der Waals surface area contributed by atoms with E-state index in [1.807, 2.05) is 0 Å². The van der Waals surface area contributed by atoms with Crippen molar-refractivity contribution in [1.82, 2.24) is 14.8 Å². The molecule has 3 rings (SSSR count). The molecule has 0 spiro atoms. The molecule has 4 N–H and O–H groups in total. The number of nitrogens with two attached hydrogens (primary N) is 1. The topological polar surface area (TPSA) is 115 Å². The minimum Gasteiger partial charge on any atom is -0.327 e. The van der Waals surface area contributed by atoms with Gasteiger partial charge in [-0.15, -0.1) is 24.8 Å². The molecular weight excluding hydrogens is 403 g/mol. The fourth-order valence-electron chi connectivity index (χ4n) is 3.19. The number of nitrogens with zero attached hydrogens (tertiary/aromatic N) is 3. The number of rotatable bonds is 6. The summed E-state index contributed by atoms with van der Waals surface area (Å²) in [5, 5.41) is 9.66. The van der Waals surface area contributed by atoms with E-state index in [4.69, 9.17) is 5.73 Å². The first-order valence-corrected chi connectivity index (χ1v) is 8.83. The lowest BCUT2D eigenvalue weighted by molar-refractivity contribution is -0.119. The number of benzene rings is 1. The Kier molecular flexibility index (Phi) is 9.37. The molecule has 1 heterocycles. The maximum absolute atomic E-state index is 12.2. The van der Waals surface area contributed by atoms with Crippen LogP contribution in [0, 0.1) is 5.92 Å². The SMILES string of the molecule is CC(C(=O)Nc1ccc(NC(=O)C[C@@H]2CCC[C@H]2N)cc1)n1cncn1.Cl.Cl. The molecule has 1 unspecified atom stereocenters. The third-order valence-corrected chi connectivity index (χ3v) is 4.81. The summed E-state index contributed by atoms with van der Waals surface area (Å²) in [6.07, 6.45) is 6.46. The quantitative estimate of drug-likeness (QED) is 0.653. The maximum atomic E-state index is 12.2. The standard InChI is InChI=1S/C18H24N6O2.2ClH/c1-12(24-11-20-10-21-24)18(26)23-15-7-5-14(6-8-15)22-17(25)9-13-3-2-4-16(13)19;;/h5-8,10-13,16H,2-4,9,19H2,1H3,(H,22,25)(H,23,26);2*1H/t12?,13-,16+;;/m0../s1. The lowest BCUT2D eigenvalue weighted by Gasteiger charge is -2.15. The van der Waals surface area contributed by atoms with Crippen LogP contribution in [0.5, 0.6) is 0 Å². The molecule has 28 heavy (non-hydrogen) atoms. The fourth-order valence-corrected chi connectivity index (χ4v) is 3.19. The van der Waals surface area contributed by atoms with Crippen molar-refractivity contribution in [3.8, 4) is 0 Å². The van der Waals surface area contributed by atoms with Gasteiger partial charge in [0.05, 0.1) is 0 Å². The highest BCUT2D eigenvalue weighted by atomic mass is 35.5. The van der Waals surface area contributed by atoms with Crippen molar-refractivity contribution in [2.24, 2.45) is 11.7 Å². The van der Waals surface area contributed by atoms with Gasteiger partial charge in [-0.1, -0.05) is 6.42 Å². The molecule has 1 aromatic heterocycles. The highest BCUT2D eigenvalue weighted by Gasteiger charge is 2.26. The second-order valence-electron chi connectivity index (χ2n) is 6.73. The van der Waals surface area contributed by atoms with Crippen LogP contribution in [-0.2, 0) is 9.59 Å². The Bertz CT molecular complexity index is 754. The highest BCUT2D eigenvalue weighted by Crippen LogP contribution is 2.27. The van der Waals surface area contributed by atoms with E-state index in [-0.39, 0.29) is 48.6 Å². The van der Waals surface area contributed by atoms with Crippen LogP contribution in [0.2, 0.25) is 0 Å². The summed E-state index contributed by atoms with van der Waals surface area (Å²) in [7, 11) is 0. The number of halogens is 2. The van der Waals surface area contributed by atoms with Gasteiger partial charge in [-0.2, -0.15) is 5.10 Å². The predicted octanol–water partition coefficient (Wildman–Crippen LogP) is 2.78. The molecule has 10 heteroatoms. The molecule has 1 aromatic carbocycles. The second-order valence-corrected chi connectivity index (χ2v) is 6.73. The molecule has 2 aromatic rings. The number of hydrogen-bond donors (Lipinski definition) is 3. The number of carbonyl (C=O) groups is 2. The summed E-state index contributed by atoms with van der Waals surface area (Å²) >= 11 is 0. The summed E-state index contributed by atoms with van der Waals surface area (Å²) in [6.45, 7) is 1.74. The fraction of sp³-hybridized carbons (Fsp3) is 0.444. The van der Waals surface area contributed by atoms with Crippen molar-refractivity contribution in [2.75, 3.05) is 10.6 Å². The zero-order chi connectivity index (χ0) is 18.5. The molecule has 1 fully saturated rings. The number of aromatic nitrogens is 3. The van der Waals surface area contributed by atoms with E-state index < -0.39 is 6.04 Å². The summed E-state index contributed by atoms with van der Waals surface area (Å²) in [4.78, 5) is 28.2. The zero-order valence-electron chi connectivity index (χ0n) is 15.6. The number of hydrogen-bond acceptors (Lipinski definition) is 5. The summed E-state index contributed by atoms with van der Waals surface area (Å²) in [6, 6.07) is 6.70. The van der Waals surface area contributed by atoms with Crippen LogP contribution in [-0.4, -0.2) is 32.6 Å². The molecule has 0 aliphatic heterocycles. The monoisotopic (exact) mass is 428 g/mol. The van der Waals surface area contributed by atoms with Crippen LogP contribution in [0.1, 0.15) is 38.6 Å². The molecule has 1 aliphatic carbocycles. The molecule has 1 aliphatic rings. The summed E-state index contributed by atoms with van der Waals surface area (Å²) in [5.41, 5.74) is 7.36. The minimum absolute atomic E-state index is 0. The van der Waals surface area contributed by atoms with Gasteiger partial charge in [0.2, 0.25) is 11.8 Å². The highest BCUT2D eigenvalue weighted by molar-refractivity contribution is 5.94. The Labute approximate surface area is 176 Å².